The van der Waals surface area contributed by atoms with Crippen LogP contribution in [-0.4, -0.2) is 68.0 Å². The Bertz CT molecular complexity index is 459. The van der Waals surface area contributed by atoms with Crippen molar-refractivity contribution in [1.82, 2.24) is 15.2 Å². The predicted molar refractivity (Wildman–Crippen MR) is 84.2 cm³/mol. The van der Waals surface area contributed by atoms with Gasteiger partial charge in [-0.25, -0.2) is 9.78 Å². The van der Waals surface area contributed by atoms with Gasteiger partial charge in [0.1, 0.15) is 0 Å². The molecule has 3 rings (SSSR count). The zero-order valence-corrected chi connectivity index (χ0v) is 13.3. The number of amides is 2. The average molecular weight is 326 g/mol. The molecule has 8 heteroatoms. The number of thiazole rings is 1. The number of anilines is 1. The Labute approximate surface area is 134 Å². The van der Waals surface area contributed by atoms with E-state index in [9.17, 15) is 4.79 Å². The van der Waals surface area contributed by atoms with E-state index < -0.39 is 0 Å². The van der Waals surface area contributed by atoms with E-state index in [0.29, 0.717) is 23.6 Å². The summed E-state index contributed by atoms with van der Waals surface area (Å²) in [6, 6.07) is 0.0977. The van der Waals surface area contributed by atoms with Crippen LogP contribution < -0.4 is 10.6 Å². The van der Waals surface area contributed by atoms with Gasteiger partial charge >= 0.3 is 6.03 Å². The fourth-order valence-electron chi connectivity index (χ4n) is 2.98. The molecule has 122 valence electrons. The Balaban J connectivity index is 1.53. The van der Waals surface area contributed by atoms with Crippen molar-refractivity contribution in [3.05, 3.63) is 11.6 Å². The van der Waals surface area contributed by atoms with Crippen molar-refractivity contribution in [2.24, 2.45) is 5.92 Å². The predicted octanol–water partition coefficient (Wildman–Crippen LogP) is 1.00. The number of rotatable bonds is 5. The Morgan fingerprint density at radius 3 is 2.95 bits per heavy atom. The number of carbonyl (C=O) groups excluding carboxylic acids is 1. The first-order valence-electron chi connectivity index (χ1n) is 7.67. The van der Waals surface area contributed by atoms with Crippen molar-refractivity contribution in [3.8, 4) is 0 Å². The zero-order valence-electron chi connectivity index (χ0n) is 12.5. The smallest absolute Gasteiger partial charge is 0.321 e. The number of nitrogens with one attached hydrogen (secondary N) is 2. The second-order valence-corrected chi connectivity index (χ2v) is 6.41. The van der Waals surface area contributed by atoms with E-state index in [4.69, 9.17) is 9.47 Å². The standard InChI is InChI=1S/C14H22N4O3S/c19-13(17-14-15-2-8-22-14)16-9-12(11-1-5-21-10-11)18-3-6-20-7-4-18/h2,8,11-12H,1,3-7,9-10H2,(H2,15,16,17,19)/t11-,12-/m1/s1. The molecule has 0 bridgehead atoms. The Hall–Kier alpha value is -1.22. The molecule has 2 aliphatic rings. The van der Waals surface area contributed by atoms with Crippen LogP contribution >= 0.6 is 11.3 Å². The molecule has 0 spiro atoms. The molecule has 2 fully saturated rings. The third-order valence-corrected chi connectivity index (χ3v) is 4.84. The maximum atomic E-state index is 12.0. The van der Waals surface area contributed by atoms with Crippen LogP contribution in [0.5, 0.6) is 0 Å². The third kappa shape index (κ3) is 4.16. The van der Waals surface area contributed by atoms with E-state index in [-0.39, 0.29) is 6.03 Å². The van der Waals surface area contributed by atoms with E-state index in [1.165, 1.54) is 11.3 Å². The third-order valence-electron chi connectivity index (χ3n) is 4.15. The van der Waals surface area contributed by atoms with Gasteiger partial charge in [-0.15, -0.1) is 11.3 Å². The van der Waals surface area contributed by atoms with Crippen LogP contribution in [0.3, 0.4) is 0 Å². The molecule has 2 N–H and O–H groups in total. The molecule has 1 aromatic heterocycles. The summed E-state index contributed by atoms with van der Waals surface area (Å²) in [6.07, 6.45) is 2.73. The molecule has 1 aromatic rings. The molecule has 0 radical (unpaired) electrons. The van der Waals surface area contributed by atoms with Gasteiger partial charge in [0.25, 0.3) is 0 Å². The summed E-state index contributed by atoms with van der Waals surface area (Å²) in [7, 11) is 0. The highest BCUT2D eigenvalue weighted by Gasteiger charge is 2.31. The van der Waals surface area contributed by atoms with Gasteiger partial charge in [-0.1, -0.05) is 0 Å². The highest BCUT2D eigenvalue weighted by atomic mass is 32.1. The SMILES string of the molecule is O=C(NC[C@H]([C@@H]1CCOC1)N1CCOCC1)Nc1nccs1. The minimum absolute atomic E-state index is 0.202. The molecular formula is C14H22N4O3S. The lowest BCUT2D eigenvalue weighted by Gasteiger charge is -2.37. The zero-order chi connectivity index (χ0) is 15.2. The maximum Gasteiger partial charge on any atom is 0.321 e. The van der Waals surface area contributed by atoms with Gasteiger partial charge in [0.2, 0.25) is 0 Å². The number of urea groups is 1. The lowest BCUT2D eigenvalue weighted by Crippen LogP contribution is -2.52. The lowest BCUT2D eigenvalue weighted by atomic mass is 9.97. The van der Waals surface area contributed by atoms with E-state index in [1.807, 2.05) is 5.38 Å². The minimum atomic E-state index is -0.202. The first kappa shape index (κ1) is 15.7. The Morgan fingerprint density at radius 2 is 2.27 bits per heavy atom. The van der Waals surface area contributed by atoms with Crippen LogP contribution in [0.4, 0.5) is 9.93 Å². The summed E-state index contributed by atoms with van der Waals surface area (Å²) in [6.45, 7) is 5.55. The van der Waals surface area contributed by atoms with Crippen LogP contribution in [0, 0.1) is 5.92 Å². The molecule has 2 amide bonds. The Kier molecular flexibility index (Phi) is 5.60. The normalized spacial score (nSPS) is 24.1. The number of carbonyl (C=O) groups is 1. The van der Waals surface area contributed by atoms with Gasteiger partial charge in [-0.2, -0.15) is 0 Å². The monoisotopic (exact) mass is 326 g/mol. The number of hydrogen-bond donors (Lipinski definition) is 2. The van der Waals surface area contributed by atoms with Gasteiger partial charge in [0.15, 0.2) is 5.13 Å². The minimum Gasteiger partial charge on any atom is -0.381 e. The van der Waals surface area contributed by atoms with E-state index in [1.54, 1.807) is 6.20 Å². The molecule has 22 heavy (non-hydrogen) atoms. The first-order chi connectivity index (χ1) is 10.8. The number of hydrogen-bond acceptors (Lipinski definition) is 6. The number of morpholine rings is 1. The number of aromatic nitrogens is 1. The van der Waals surface area contributed by atoms with Gasteiger partial charge in [0.05, 0.1) is 19.8 Å². The summed E-state index contributed by atoms with van der Waals surface area (Å²) < 4.78 is 11.0. The molecule has 2 aliphatic heterocycles. The van der Waals surface area contributed by atoms with Crippen LogP contribution in [0.25, 0.3) is 0 Å². The summed E-state index contributed by atoms with van der Waals surface area (Å²) in [5.41, 5.74) is 0. The molecule has 3 heterocycles. The second kappa shape index (κ2) is 7.87. The van der Waals surface area contributed by atoms with E-state index >= 15 is 0 Å². The van der Waals surface area contributed by atoms with Crippen molar-refractivity contribution >= 4 is 22.5 Å². The number of nitrogens with zero attached hydrogens (tertiary/aromatic N) is 2. The van der Waals surface area contributed by atoms with Crippen LogP contribution in [-0.2, 0) is 9.47 Å². The number of ether oxygens (including phenoxy) is 2. The molecule has 0 aromatic carbocycles. The van der Waals surface area contributed by atoms with Gasteiger partial charge in [-0.3, -0.25) is 10.2 Å². The molecule has 2 saturated heterocycles. The van der Waals surface area contributed by atoms with Crippen LogP contribution in [0.15, 0.2) is 11.6 Å². The van der Waals surface area contributed by atoms with E-state index in [2.05, 4.69) is 20.5 Å². The van der Waals surface area contributed by atoms with Crippen molar-refractivity contribution in [1.29, 1.82) is 0 Å². The summed E-state index contributed by atoms with van der Waals surface area (Å²) in [4.78, 5) is 18.4. The lowest BCUT2D eigenvalue weighted by molar-refractivity contribution is 0.00222. The van der Waals surface area contributed by atoms with Crippen molar-refractivity contribution in [2.45, 2.75) is 12.5 Å². The Morgan fingerprint density at radius 1 is 1.41 bits per heavy atom. The summed E-state index contributed by atoms with van der Waals surface area (Å²) in [5, 5.41) is 8.18. The highest BCUT2D eigenvalue weighted by Crippen LogP contribution is 2.22. The van der Waals surface area contributed by atoms with Gasteiger partial charge in [-0.05, 0) is 6.42 Å². The molecular weight excluding hydrogens is 304 g/mol. The summed E-state index contributed by atoms with van der Waals surface area (Å²) >= 11 is 1.41. The second-order valence-electron chi connectivity index (χ2n) is 5.51. The molecule has 0 saturated carbocycles. The fraction of sp³-hybridized carbons (Fsp3) is 0.714. The van der Waals surface area contributed by atoms with Crippen molar-refractivity contribution in [2.75, 3.05) is 51.4 Å². The molecule has 0 unspecified atom stereocenters. The molecule has 2 atom stereocenters. The highest BCUT2D eigenvalue weighted by molar-refractivity contribution is 7.13. The van der Waals surface area contributed by atoms with Gasteiger partial charge < -0.3 is 14.8 Å². The topological polar surface area (TPSA) is 75.7 Å². The fourth-order valence-corrected chi connectivity index (χ4v) is 3.51. The largest absolute Gasteiger partial charge is 0.381 e. The van der Waals surface area contributed by atoms with Gasteiger partial charge in [0, 0.05) is 49.8 Å². The van der Waals surface area contributed by atoms with Crippen LogP contribution in [0.2, 0.25) is 0 Å². The van der Waals surface area contributed by atoms with Crippen molar-refractivity contribution in [3.63, 3.8) is 0 Å². The van der Waals surface area contributed by atoms with Crippen molar-refractivity contribution < 1.29 is 14.3 Å². The van der Waals surface area contributed by atoms with E-state index in [0.717, 1.165) is 45.9 Å². The maximum absolute atomic E-state index is 12.0. The molecule has 7 nitrogen and oxygen atoms in total. The average Bonchev–Trinajstić information content (AvgIpc) is 3.22. The molecule has 0 aliphatic carbocycles. The summed E-state index contributed by atoms with van der Waals surface area (Å²) in [5.74, 6) is 0.471. The first-order valence-corrected chi connectivity index (χ1v) is 8.55. The quantitative estimate of drug-likeness (QED) is 0.844. The van der Waals surface area contributed by atoms with Crippen LogP contribution in [0.1, 0.15) is 6.42 Å².